The van der Waals surface area contributed by atoms with Crippen LogP contribution in [0.3, 0.4) is 0 Å². The molecule has 2 rings (SSSR count). The van der Waals surface area contributed by atoms with Crippen molar-refractivity contribution in [2.75, 3.05) is 12.6 Å². The Morgan fingerprint density at radius 2 is 1.67 bits per heavy atom. The third-order valence-corrected chi connectivity index (χ3v) is 2.99. The zero-order valence-corrected chi connectivity index (χ0v) is 11.9. The average molecular weight is 306 g/mol. The van der Waals surface area contributed by atoms with Gasteiger partial charge in [0.15, 0.2) is 0 Å². The summed E-state index contributed by atoms with van der Waals surface area (Å²) in [6, 6.07) is 12.9. The van der Waals surface area contributed by atoms with Crippen molar-refractivity contribution in [2.24, 2.45) is 0 Å². The van der Waals surface area contributed by atoms with Crippen LogP contribution in [0.5, 0.6) is 0 Å². The van der Waals surface area contributed by atoms with Gasteiger partial charge in [-0.25, -0.2) is 15.1 Å². The topological polar surface area (TPSA) is 64.6 Å². The first-order valence-electron chi connectivity index (χ1n) is 6.02. The molecule has 0 aliphatic rings. The van der Waals surface area contributed by atoms with Crippen LogP contribution >= 0.6 is 11.6 Å². The fourth-order valence-electron chi connectivity index (χ4n) is 1.58. The summed E-state index contributed by atoms with van der Waals surface area (Å²) in [6.45, 7) is 0. The van der Waals surface area contributed by atoms with E-state index in [4.69, 9.17) is 16.4 Å². The lowest BCUT2D eigenvalue weighted by atomic mass is 10.2. The third-order valence-electron chi connectivity index (χ3n) is 2.66. The molecule has 0 amide bonds. The highest BCUT2D eigenvalue weighted by Crippen LogP contribution is 2.17. The summed E-state index contributed by atoms with van der Waals surface area (Å²) < 4.78 is 4.59. The van der Waals surface area contributed by atoms with E-state index in [9.17, 15) is 9.59 Å². The minimum atomic E-state index is -0.599. The summed E-state index contributed by atoms with van der Waals surface area (Å²) >= 11 is 5.89. The van der Waals surface area contributed by atoms with Crippen LogP contribution in [0.15, 0.2) is 48.5 Å². The zero-order valence-electron chi connectivity index (χ0n) is 11.1. The van der Waals surface area contributed by atoms with Gasteiger partial charge in [0.05, 0.1) is 28.9 Å². The lowest BCUT2D eigenvalue weighted by Crippen LogP contribution is -2.11. The second-order valence-electron chi connectivity index (χ2n) is 4.04. The molecular formula is C15H12ClNO4. The van der Waals surface area contributed by atoms with Gasteiger partial charge in [0.25, 0.3) is 0 Å². The van der Waals surface area contributed by atoms with Crippen molar-refractivity contribution >= 4 is 29.2 Å². The molecule has 0 bridgehead atoms. The van der Waals surface area contributed by atoms with Crippen molar-refractivity contribution < 1.29 is 19.2 Å². The molecular weight excluding hydrogens is 294 g/mol. The molecule has 0 heterocycles. The summed E-state index contributed by atoms with van der Waals surface area (Å²) in [5, 5.41) is 0.310. The standard InChI is InChI=1S/C15H12ClNO4/c1-20-14(18)10-6-8-11(9-7-10)17-21-15(19)12-4-2-3-5-13(12)16/h2-9,17H,1H3. The minimum Gasteiger partial charge on any atom is -0.465 e. The number of anilines is 1. The lowest BCUT2D eigenvalue weighted by Gasteiger charge is -2.08. The molecule has 0 radical (unpaired) electrons. The van der Waals surface area contributed by atoms with Crippen LogP contribution in [0.2, 0.25) is 5.02 Å². The third kappa shape index (κ3) is 3.73. The van der Waals surface area contributed by atoms with E-state index in [2.05, 4.69) is 10.2 Å². The molecule has 0 spiro atoms. The fraction of sp³-hybridized carbons (Fsp3) is 0.0667. The molecule has 1 N–H and O–H groups in total. The van der Waals surface area contributed by atoms with Crippen molar-refractivity contribution in [3.63, 3.8) is 0 Å². The van der Waals surface area contributed by atoms with E-state index in [1.54, 1.807) is 48.5 Å². The monoisotopic (exact) mass is 305 g/mol. The van der Waals surface area contributed by atoms with Crippen molar-refractivity contribution in [3.8, 4) is 0 Å². The Labute approximate surface area is 126 Å². The molecule has 2 aromatic carbocycles. The lowest BCUT2D eigenvalue weighted by molar-refractivity contribution is 0.0587. The number of benzene rings is 2. The summed E-state index contributed by atoms with van der Waals surface area (Å²) in [4.78, 5) is 28.0. The SMILES string of the molecule is COC(=O)c1ccc(NOC(=O)c2ccccc2Cl)cc1. The molecule has 0 aliphatic carbocycles. The van der Waals surface area contributed by atoms with Crippen LogP contribution in [0.1, 0.15) is 20.7 Å². The van der Waals surface area contributed by atoms with Crippen LogP contribution in [0, 0.1) is 0 Å². The Hall–Kier alpha value is -2.53. The highest BCUT2D eigenvalue weighted by atomic mass is 35.5. The van der Waals surface area contributed by atoms with E-state index < -0.39 is 11.9 Å². The van der Waals surface area contributed by atoms with Gasteiger partial charge in [0.1, 0.15) is 0 Å². The Morgan fingerprint density at radius 1 is 1.00 bits per heavy atom. The van der Waals surface area contributed by atoms with Gasteiger partial charge >= 0.3 is 11.9 Å². The first-order valence-corrected chi connectivity index (χ1v) is 6.39. The number of carbonyl (C=O) groups is 2. The fourth-order valence-corrected chi connectivity index (χ4v) is 1.79. The first-order chi connectivity index (χ1) is 10.1. The number of hydrogen-bond acceptors (Lipinski definition) is 5. The number of rotatable bonds is 4. The predicted octanol–water partition coefficient (Wildman–Crippen LogP) is 3.31. The molecule has 0 aromatic heterocycles. The molecule has 108 valence electrons. The number of carbonyl (C=O) groups excluding carboxylic acids is 2. The summed E-state index contributed by atoms with van der Waals surface area (Å²) in [5.41, 5.74) is 3.68. The van der Waals surface area contributed by atoms with E-state index in [-0.39, 0.29) is 5.56 Å². The van der Waals surface area contributed by atoms with E-state index in [1.165, 1.54) is 7.11 Å². The molecule has 0 saturated heterocycles. The zero-order chi connectivity index (χ0) is 15.2. The van der Waals surface area contributed by atoms with Crippen molar-refractivity contribution in [2.45, 2.75) is 0 Å². The van der Waals surface area contributed by atoms with Crippen LogP contribution in [-0.2, 0) is 9.57 Å². The average Bonchev–Trinajstić information content (AvgIpc) is 2.52. The molecule has 0 aliphatic heterocycles. The maximum absolute atomic E-state index is 11.8. The summed E-state index contributed by atoms with van der Waals surface area (Å²) in [5.74, 6) is -1.03. The van der Waals surface area contributed by atoms with Crippen LogP contribution in [-0.4, -0.2) is 19.0 Å². The molecule has 0 saturated carbocycles. The van der Waals surface area contributed by atoms with Gasteiger partial charge in [-0.1, -0.05) is 23.7 Å². The second-order valence-corrected chi connectivity index (χ2v) is 4.45. The van der Waals surface area contributed by atoms with Crippen LogP contribution < -0.4 is 5.48 Å². The van der Waals surface area contributed by atoms with Crippen molar-refractivity contribution in [1.82, 2.24) is 0 Å². The molecule has 6 heteroatoms. The van der Waals surface area contributed by atoms with Gasteiger partial charge in [0.2, 0.25) is 0 Å². The molecule has 0 atom stereocenters. The highest BCUT2D eigenvalue weighted by molar-refractivity contribution is 6.33. The Kier molecular flexibility index (Phi) is 4.79. The number of nitrogens with one attached hydrogen (secondary N) is 1. The number of halogens is 1. The van der Waals surface area contributed by atoms with Gasteiger partial charge in [-0.3, -0.25) is 0 Å². The largest absolute Gasteiger partial charge is 0.465 e. The van der Waals surface area contributed by atoms with Gasteiger partial charge in [-0.15, -0.1) is 0 Å². The van der Waals surface area contributed by atoms with Crippen LogP contribution in [0.4, 0.5) is 5.69 Å². The number of methoxy groups -OCH3 is 1. The number of ether oxygens (including phenoxy) is 1. The normalized spacial score (nSPS) is 9.81. The number of esters is 1. The van der Waals surface area contributed by atoms with Gasteiger partial charge in [-0.05, 0) is 36.4 Å². The molecule has 0 fully saturated rings. The Bertz CT molecular complexity index is 655. The molecule has 0 unspecified atom stereocenters. The second kappa shape index (κ2) is 6.76. The molecule has 2 aromatic rings. The Morgan fingerprint density at radius 3 is 2.29 bits per heavy atom. The predicted molar refractivity (Wildman–Crippen MR) is 78.3 cm³/mol. The quantitative estimate of drug-likeness (QED) is 0.693. The molecule has 21 heavy (non-hydrogen) atoms. The van der Waals surface area contributed by atoms with Crippen LogP contribution in [0.25, 0.3) is 0 Å². The number of hydrogen-bond donors (Lipinski definition) is 1. The summed E-state index contributed by atoms with van der Waals surface area (Å²) in [7, 11) is 1.31. The van der Waals surface area contributed by atoms with E-state index in [0.29, 0.717) is 16.3 Å². The highest BCUT2D eigenvalue weighted by Gasteiger charge is 2.11. The van der Waals surface area contributed by atoms with E-state index >= 15 is 0 Å². The van der Waals surface area contributed by atoms with Crippen molar-refractivity contribution in [3.05, 3.63) is 64.7 Å². The Balaban J connectivity index is 1.99. The van der Waals surface area contributed by atoms with Gasteiger partial charge < -0.3 is 9.57 Å². The minimum absolute atomic E-state index is 0.262. The van der Waals surface area contributed by atoms with E-state index in [0.717, 1.165) is 0 Å². The summed E-state index contributed by atoms with van der Waals surface area (Å²) in [6.07, 6.45) is 0. The van der Waals surface area contributed by atoms with E-state index in [1.807, 2.05) is 0 Å². The maximum atomic E-state index is 11.8. The van der Waals surface area contributed by atoms with Gasteiger partial charge in [0, 0.05) is 0 Å². The molecule has 5 nitrogen and oxygen atoms in total. The smallest absolute Gasteiger partial charge is 0.364 e. The van der Waals surface area contributed by atoms with Gasteiger partial charge in [-0.2, -0.15) is 0 Å². The first kappa shape index (κ1) is 14.9. The van der Waals surface area contributed by atoms with Crippen molar-refractivity contribution in [1.29, 1.82) is 0 Å². The maximum Gasteiger partial charge on any atom is 0.364 e.